The molecule has 0 radical (unpaired) electrons. The molecule has 8 heteroatoms. The highest BCUT2D eigenvalue weighted by Gasteiger charge is 2.32. The van der Waals surface area contributed by atoms with Gasteiger partial charge in [-0.15, -0.1) is 0 Å². The number of benzene rings is 3. The first kappa shape index (κ1) is 22.7. The van der Waals surface area contributed by atoms with Crippen molar-refractivity contribution in [3.05, 3.63) is 113 Å². The molecule has 0 aromatic heterocycles. The van der Waals surface area contributed by atoms with Gasteiger partial charge in [0.25, 0.3) is 11.8 Å². The zero-order chi connectivity index (χ0) is 23.1. The molecule has 0 aliphatic rings. The number of halogens is 4. The summed E-state index contributed by atoms with van der Waals surface area (Å²) >= 11 is 0. The van der Waals surface area contributed by atoms with Gasteiger partial charge >= 0.3 is 6.18 Å². The minimum absolute atomic E-state index is 0.0153. The number of carbonyl (C=O) groups excluding carboxylic acids is 2. The molecule has 0 aliphatic carbocycles. The Morgan fingerprint density at radius 3 is 2.12 bits per heavy atom. The molecule has 4 nitrogen and oxygen atoms in total. The lowest BCUT2D eigenvalue weighted by molar-refractivity contribution is -0.137. The molecule has 2 amide bonds. The van der Waals surface area contributed by atoms with E-state index in [1.165, 1.54) is 54.6 Å². The predicted octanol–water partition coefficient (Wildman–Crippen LogP) is 4.93. The second-order valence-electron chi connectivity index (χ2n) is 6.77. The number of hydrogen-bond acceptors (Lipinski definition) is 2. The molecule has 3 rings (SSSR count). The molecular formula is C24H18F4N2O2. The summed E-state index contributed by atoms with van der Waals surface area (Å²) in [5.74, 6) is -1.90. The van der Waals surface area contributed by atoms with E-state index in [1.807, 2.05) is 0 Å². The maximum Gasteiger partial charge on any atom is 0.416 e. The van der Waals surface area contributed by atoms with Crippen LogP contribution in [0.4, 0.5) is 17.6 Å². The topological polar surface area (TPSA) is 58.2 Å². The molecule has 32 heavy (non-hydrogen) atoms. The summed E-state index contributed by atoms with van der Waals surface area (Å²) in [5, 5.41) is 4.92. The predicted molar refractivity (Wildman–Crippen MR) is 112 cm³/mol. The van der Waals surface area contributed by atoms with Crippen LogP contribution in [0.25, 0.3) is 6.08 Å². The van der Waals surface area contributed by atoms with Crippen LogP contribution in [0, 0.1) is 5.82 Å². The number of nitrogens with one attached hydrogen (secondary N) is 2. The zero-order valence-corrected chi connectivity index (χ0v) is 16.6. The Morgan fingerprint density at radius 2 is 1.47 bits per heavy atom. The average Bonchev–Trinajstić information content (AvgIpc) is 2.78. The van der Waals surface area contributed by atoms with Crippen molar-refractivity contribution in [3.8, 4) is 0 Å². The smallest absolute Gasteiger partial charge is 0.347 e. The van der Waals surface area contributed by atoms with Crippen molar-refractivity contribution in [3.63, 3.8) is 0 Å². The first-order valence-corrected chi connectivity index (χ1v) is 9.51. The third kappa shape index (κ3) is 6.04. The lowest BCUT2D eigenvalue weighted by Crippen LogP contribution is -2.34. The first-order chi connectivity index (χ1) is 15.2. The van der Waals surface area contributed by atoms with Crippen molar-refractivity contribution < 1.29 is 27.2 Å². The number of hydrogen-bond donors (Lipinski definition) is 2. The van der Waals surface area contributed by atoms with E-state index in [-0.39, 0.29) is 23.4 Å². The quantitative estimate of drug-likeness (QED) is 0.420. The van der Waals surface area contributed by atoms with Gasteiger partial charge in [0.05, 0.1) is 5.56 Å². The normalized spacial score (nSPS) is 11.7. The van der Waals surface area contributed by atoms with E-state index in [2.05, 4.69) is 10.6 Å². The zero-order valence-electron chi connectivity index (χ0n) is 16.6. The molecule has 0 saturated heterocycles. The van der Waals surface area contributed by atoms with Crippen molar-refractivity contribution in [2.75, 3.05) is 0 Å². The molecule has 0 bridgehead atoms. The molecule has 0 heterocycles. The molecule has 3 aromatic carbocycles. The van der Waals surface area contributed by atoms with E-state index in [0.29, 0.717) is 5.56 Å². The summed E-state index contributed by atoms with van der Waals surface area (Å²) in [4.78, 5) is 25.3. The van der Waals surface area contributed by atoms with Crippen LogP contribution in [0.1, 0.15) is 27.0 Å². The second-order valence-corrected chi connectivity index (χ2v) is 6.77. The minimum atomic E-state index is -4.65. The summed E-state index contributed by atoms with van der Waals surface area (Å²) < 4.78 is 53.2. The van der Waals surface area contributed by atoms with Crippen LogP contribution in [0.2, 0.25) is 0 Å². The van der Waals surface area contributed by atoms with Gasteiger partial charge in [0.2, 0.25) is 0 Å². The monoisotopic (exact) mass is 442 g/mol. The summed E-state index contributed by atoms with van der Waals surface area (Å²) in [6.07, 6.45) is -3.67. The largest absolute Gasteiger partial charge is 0.416 e. The third-order valence-electron chi connectivity index (χ3n) is 4.46. The Bertz CT molecular complexity index is 1120. The standard InChI is InChI=1S/C24H18F4N2O2/c25-19-12-10-16(11-13-19)15-29-23(32)21(30-22(31)17-6-2-1-3-7-17)14-18-8-4-5-9-20(18)24(26,27)28/h1-14H,15H2,(H,29,32)(H,30,31)/b21-14-. The average molecular weight is 442 g/mol. The number of carbonyl (C=O) groups is 2. The van der Waals surface area contributed by atoms with E-state index < -0.39 is 29.4 Å². The molecule has 0 aliphatic heterocycles. The van der Waals surface area contributed by atoms with Gasteiger partial charge in [-0.05, 0) is 47.5 Å². The summed E-state index contributed by atoms with van der Waals surface area (Å²) in [6, 6.07) is 18.0. The van der Waals surface area contributed by atoms with Crippen LogP contribution in [-0.4, -0.2) is 11.8 Å². The fourth-order valence-electron chi connectivity index (χ4n) is 2.86. The van der Waals surface area contributed by atoms with Gasteiger partial charge in [0.15, 0.2) is 0 Å². The maximum absolute atomic E-state index is 13.4. The van der Waals surface area contributed by atoms with Gasteiger partial charge in [-0.25, -0.2) is 4.39 Å². The lowest BCUT2D eigenvalue weighted by atomic mass is 10.1. The highest BCUT2D eigenvalue weighted by Crippen LogP contribution is 2.32. The van der Waals surface area contributed by atoms with Crippen molar-refractivity contribution in [1.82, 2.24) is 10.6 Å². The molecular weight excluding hydrogens is 424 g/mol. The van der Waals surface area contributed by atoms with E-state index in [4.69, 9.17) is 0 Å². The Kier molecular flexibility index (Phi) is 7.04. The number of rotatable bonds is 6. The van der Waals surface area contributed by atoms with Crippen LogP contribution >= 0.6 is 0 Å². The van der Waals surface area contributed by atoms with Crippen LogP contribution < -0.4 is 10.6 Å². The maximum atomic E-state index is 13.4. The fourth-order valence-corrected chi connectivity index (χ4v) is 2.86. The Hall–Kier alpha value is -3.94. The minimum Gasteiger partial charge on any atom is -0.347 e. The van der Waals surface area contributed by atoms with E-state index in [1.54, 1.807) is 18.2 Å². The Morgan fingerprint density at radius 1 is 0.844 bits per heavy atom. The molecule has 0 spiro atoms. The molecule has 0 saturated carbocycles. The molecule has 0 atom stereocenters. The van der Waals surface area contributed by atoms with Gasteiger partial charge in [-0.3, -0.25) is 9.59 Å². The van der Waals surface area contributed by atoms with E-state index >= 15 is 0 Å². The fraction of sp³-hybridized carbons (Fsp3) is 0.0833. The number of alkyl halides is 3. The highest BCUT2D eigenvalue weighted by atomic mass is 19.4. The van der Waals surface area contributed by atoms with Crippen LogP contribution in [0.15, 0.2) is 84.6 Å². The summed E-state index contributed by atoms with van der Waals surface area (Å²) in [5.41, 5.74) is -0.784. The lowest BCUT2D eigenvalue weighted by Gasteiger charge is -2.14. The van der Waals surface area contributed by atoms with Crippen LogP contribution in [0.3, 0.4) is 0 Å². The van der Waals surface area contributed by atoms with Crippen LogP contribution in [0.5, 0.6) is 0 Å². The van der Waals surface area contributed by atoms with Gasteiger partial charge in [-0.2, -0.15) is 13.2 Å². The van der Waals surface area contributed by atoms with Crippen molar-refractivity contribution in [2.45, 2.75) is 12.7 Å². The third-order valence-corrected chi connectivity index (χ3v) is 4.46. The van der Waals surface area contributed by atoms with Gasteiger partial charge in [0.1, 0.15) is 11.5 Å². The van der Waals surface area contributed by atoms with E-state index in [0.717, 1.165) is 12.1 Å². The first-order valence-electron chi connectivity index (χ1n) is 9.51. The van der Waals surface area contributed by atoms with Crippen molar-refractivity contribution >= 4 is 17.9 Å². The molecule has 2 N–H and O–H groups in total. The van der Waals surface area contributed by atoms with Crippen LogP contribution in [-0.2, 0) is 17.5 Å². The highest BCUT2D eigenvalue weighted by molar-refractivity contribution is 6.05. The van der Waals surface area contributed by atoms with Gasteiger partial charge in [-0.1, -0.05) is 48.5 Å². The number of amides is 2. The SMILES string of the molecule is O=C(NCc1ccc(F)cc1)/C(=C/c1ccccc1C(F)(F)F)NC(=O)c1ccccc1. The summed E-state index contributed by atoms with van der Waals surface area (Å²) in [6.45, 7) is -0.0153. The van der Waals surface area contributed by atoms with Crippen molar-refractivity contribution in [1.29, 1.82) is 0 Å². The van der Waals surface area contributed by atoms with Crippen molar-refractivity contribution in [2.24, 2.45) is 0 Å². The van der Waals surface area contributed by atoms with Gasteiger partial charge in [0, 0.05) is 12.1 Å². The second kappa shape index (κ2) is 9.91. The van der Waals surface area contributed by atoms with Gasteiger partial charge < -0.3 is 10.6 Å². The molecule has 0 unspecified atom stereocenters. The Balaban J connectivity index is 1.90. The summed E-state index contributed by atoms with van der Waals surface area (Å²) in [7, 11) is 0. The molecule has 3 aromatic rings. The Labute approximate surface area is 181 Å². The molecule has 0 fully saturated rings. The molecule has 164 valence electrons. The van der Waals surface area contributed by atoms with E-state index in [9.17, 15) is 27.2 Å².